The van der Waals surface area contributed by atoms with Crippen LogP contribution in [0.3, 0.4) is 0 Å². The second-order valence-corrected chi connectivity index (χ2v) is 7.64. The number of hydrogen-bond acceptors (Lipinski definition) is 2. The van der Waals surface area contributed by atoms with Crippen molar-refractivity contribution >= 4 is 23.0 Å². The van der Waals surface area contributed by atoms with Gasteiger partial charge >= 0.3 is 0 Å². The fourth-order valence-corrected chi connectivity index (χ4v) is 3.57. The summed E-state index contributed by atoms with van der Waals surface area (Å²) in [5, 5.41) is 0. The zero-order chi connectivity index (χ0) is 17.1. The van der Waals surface area contributed by atoms with Crippen molar-refractivity contribution in [1.29, 1.82) is 0 Å². The molecule has 1 saturated carbocycles. The molecule has 3 heteroatoms. The molecule has 0 amide bonds. The molecule has 24 heavy (non-hydrogen) atoms. The van der Waals surface area contributed by atoms with Gasteiger partial charge in [0.1, 0.15) is 23.0 Å². The summed E-state index contributed by atoms with van der Waals surface area (Å²) < 4.78 is 10.5. The molecule has 1 fully saturated rings. The van der Waals surface area contributed by atoms with Gasteiger partial charge in [-0.3, -0.25) is 0 Å². The van der Waals surface area contributed by atoms with Crippen molar-refractivity contribution in [2.45, 2.75) is 96.3 Å². The SMILES string of the molecule is IOCCCOCCCCCCCCCCC#CC1CCCCC1. The van der Waals surface area contributed by atoms with Gasteiger partial charge in [0.15, 0.2) is 0 Å². The van der Waals surface area contributed by atoms with Crippen LogP contribution < -0.4 is 0 Å². The summed E-state index contributed by atoms with van der Waals surface area (Å²) in [7, 11) is 0. The van der Waals surface area contributed by atoms with Crippen molar-refractivity contribution in [2.75, 3.05) is 19.8 Å². The van der Waals surface area contributed by atoms with E-state index in [-0.39, 0.29) is 0 Å². The molecular weight excluding hydrogens is 411 g/mol. The second kappa shape index (κ2) is 18.0. The maximum atomic E-state index is 5.57. The van der Waals surface area contributed by atoms with Gasteiger partial charge in [0.2, 0.25) is 0 Å². The van der Waals surface area contributed by atoms with Crippen LogP contribution in [0.1, 0.15) is 96.3 Å². The minimum Gasteiger partial charge on any atom is -0.381 e. The first kappa shape index (κ1) is 22.3. The quantitative estimate of drug-likeness (QED) is 0.164. The van der Waals surface area contributed by atoms with Crippen LogP contribution in [0.15, 0.2) is 0 Å². The molecule has 0 saturated heterocycles. The summed E-state index contributed by atoms with van der Waals surface area (Å²) in [6, 6.07) is 0. The van der Waals surface area contributed by atoms with Crippen LogP contribution in [0.25, 0.3) is 0 Å². The largest absolute Gasteiger partial charge is 0.381 e. The van der Waals surface area contributed by atoms with Gasteiger partial charge in [-0.2, -0.15) is 0 Å². The van der Waals surface area contributed by atoms with Crippen LogP contribution in [0.2, 0.25) is 0 Å². The third kappa shape index (κ3) is 14.5. The second-order valence-electron chi connectivity index (χ2n) is 7.01. The molecular formula is C21H37IO2. The van der Waals surface area contributed by atoms with Gasteiger partial charge in [-0.05, 0) is 32.1 Å². The Labute approximate surface area is 164 Å². The van der Waals surface area contributed by atoms with E-state index in [4.69, 9.17) is 7.80 Å². The molecule has 0 aliphatic heterocycles. The molecule has 0 atom stereocenters. The number of unbranched alkanes of at least 4 members (excludes halogenated alkanes) is 8. The van der Waals surface area contributed by atoms with Crippen LogP contribution in [0.5, 0.6) is 0 Å². The predicted octanol–water partition coefficient (Wildman–Crippen LogP) is 6.85. The molecule has 140 valence electrons. The smallest absolute Gasteiger partial charge is 0.109 e. The zero-order valence-corrected chi connectivity index (χ0v) is 17.7. The van der Waals surface area contributed by atoms with Gasteiger partial charge in [-0.1, -0.05) is 63.7 Å². The zero-order valence-electron chi connectivity index (χ0n) is 15.5. The van der Waals surface area contributed by atoms with Crippen LogP contribution in [0.4, 0.5) is 0 Å². The van der Waals surface area contributed by atoms with Crippen molar-refractivity contribution in [1.82, 2.24) is 0 Å². The molecule has 1 aliphatic rings. The summed E-state index contributed by atoms with van der Waals surface area (Å²) in [5.74, 6) is 7.65. The fourth-order valence-electron chi connectivity index (χ4n) is 3.26. The summed E-state index contributed by atoms with van der Waals surface area (Å²) in [4.78, 5) is 0. The van der Waals surface area contributed by atoms with E-state index in [0.717, 1.165) is 38.6 Å². The van der Waals surface area contributed by atoms with Gasteiger partial charge < -0.3 is 7.80 Å². The van der Waals surface area contributed by atoms with E-state index < -0.39 is 0 Å². The van der Waals surface area contributed by atoms with Gasteiger partial charge in [0.05, 0.1) is 6.61 Å². The fraction of sp³-hybridized carbons (Fsp3) is 0.905. The minimum absolute atomic E-state index is 0.724. The molecule has 0 aromatic heterocycles. The number of halogens is 1. The molecule has 0 bridgehead atoms. The van der Waals surface area contributed by atoms with Crippen LogP contribution >= 0.6 is 23.0 Å². The Morgan fingerprint density at radius 2 is 1.33 bits per heavy atom. The van der Waals surface area contributed by atoms with E-state index in [1.54, 1.807) is 0 Å². The molecule has 0 spiro atoms. The minimum atomic E-state index is 0.724. The highest BCUT2D eigenvalue weighted by Gasteiger charge is 2.09. The molecule has 1 aliphatic carbocycles. The normalized spacial score (nSPS) is 15.2. The highest BCUT2D eigenvalue weighted by molar-refractivity contribution is 14.1. The molecule has 0 N–H and O–H groups in total. The topological polar surface area (TPSA) is 18.5 Å². The maximum Gasteiger partial charge on any atom is 0.109 e. The Kier molecular flexibility index (Phi) is 16.7. The highest BCUT2D eigenvalue weighted by atomic mass is 127. The highest BCUT2D eigenvalue weighted by Crippen LogP contribution is 2.22. The molecule has 2 nitrogen and oxygen atoms in total. The van der Waals surface area contributed by atoms with Crippen molar-refractivity contribution < 1.29 is 7.80 Å². The number of rotatable bonds is 14. The Morgan fingerprint density at radius 1 is 0.708 bits per heavy atom. The Morgan fingerprint density at radius 3 is 2.04 bits per heavy atom. The molecule has 0 aromatic carbocycles. The molecule has 0 heterocycles. The number of ether oxygens (including phenoxy) is 1. The summed E-state index contributed by atoms with van der Waals surface area (Å²) in [5.41, 5.74) is 0. The Balaban J connectivity index is 1.72. The van der Waals surface area contributed by atoms with Gasteiger partial charge in [-0.25, -0.2) is 0 Å². The van der Waals surface area contributed by atoms with E-state index in [1.165, 1.54) is 83.5 Å². The van der Waals surface area contributed by atoms with Gasteiger partial charge in [-0.15, -0.1) is 5.92 Å². The van der Waals surface area contributed by atoms with Crippen molar-refractivity contribution in [3.8, 4) is 11.8 Å². The molecule has 0 unspecified atom stereocenters. The van der Waals surface area contributed by atoms with Crippen molar-refractivity contribution in [3.63, 3.8) is 0 Å². The van der Waals surface area contributed by atoms with Crippen LogP contribution in [0, 0.1) is 17.8 Å². The number of hydrogen-bond donors (Lipinski definition) is 0. The predicted molar refractivity (Wildman–Crippen MR) is 111 cm³/mol. The first-order valence-electron chi connectivity index (χ1n) is 10.2. The van der Waals surface area contributed by atoms with E-state index in [9.17, 15) is 0 Å². The van der Waals surface area contributed by atoms with E-state index in [2.05, 4.69) is 11.8 Å². The van der Waals surface area contributed by atoms with Gasteiger partial charge in [0.25, 0.3) is 0 Å². The third-order valence-corrected chi connectivity index (χ3v) is 5.20. The van der Waals surface area contributed by atoms with Crippen LogP contribution in [-0.2, 0) is 7.80 Å². The Hall–Kier alpha value is 0.210. The van der Waals surface area contributed by atoms with Gasteiger partial charge in [0, 0.05) is 25.6 Å². The maximum absolute atomic E-state index is 5.57. The molecule has 1 rings (SSSR count). The summed E-state index contributed by atoms with van der Waals surface area (Å²) in [6.45, 7) is 2.56. The molecule has 0 radical (unpaired) electrons. The average molecular weight is 448 g/mol. The molecule has 0 aromatic rings. The lowest BCUT2D eigenvalue weighted by atomic mass is 9.90. The summed E-state index contributed by atoms with van der Waals surface area (Å²) in [6.07, 6.45) is 19.8. The van der Waals surface area contributed by atoms with Crippen molar-refractivity contribution in [2.24, 2.45) is 5.92 Å². The average Bonchev–Trinajstić information content (AvgIpc) is 2.62. The lowest BCUT2D eigenvalue weighted by Gasteiger charge is -2.15. The lowest BCUT2D eigenvalue weighted by molar-refractivity contribution is 0.120. The monoisotopic (exact) mass is 448 g/mol. The first-order valence-corrected chi connectivity index (χ1v) is 11.1. The van der Waals surface area contributed by atoms with Crippen molar-refractivity contribution in [3.05, 3.63) is 0 Å². The van der Waals surface area contributed by atoms with E-state index in [1.807, 2.05) is 23.0 Å². The first-order chi connectivity index (χ1) is 11.9. The van der Waals surface area contributed by atoms with Crippen LogP contribution in [-0.4, -0.2) is 19.8 Å². The standard InChI is InChI=1S/C21H37IO2/c22-24-20-14-19-23-18-13-8-6-4-2-1-3-5-7-10-15-21-16-11-9-12-17-21/h21H,1-9,11-14,16-20H2. The Bertz CT molecular complexity index is 316. The van der Waals surface area contributed by atoms with E-state index >= 15 is 0 Å². The summed E-state index contributed by atoms with van der Waals surface area (Å²) >= 11 is 1.93. The van der Waals surface area contributed by atoms with E-state index in [0.29, 0.717) is 0 Å². The third-order valence-electron chi connectivity index (χ3n) is 4.76. The lowest BCUT2D eigenvalue weighted by Crippen LogP contribution is -2.02.